The number of morpholine rings is 1. The van der Waals surface area contributed by atoms with Gasteiger partial charge in [0.05, 0.1) is 25.2 Å². The quantitative estimate of drug-likeness (QED) is 0.738. The van der Waals surface area contributed by atoms with E-state index in [-0.39, 0.29) is 23.8 Å². The SMILES string of the molecule is Cc1ccc(CN2CC(C(=O)NCC(c3cccs3)N3CCOCC3)CC2=O)cc1. The zero-order valence-electron chi connectivity index (χ0n) is 17.4. The van der Waals surface area contributed by atoms with Crippen LogP contribution in [0.1, 0.15) is 28.5 Å². The molecule has 0 bridgehead atoms. The van der Waals surface area contributed by atoms with Crippen molar-refractivity contribution in [3.8, 4) is 0 Å². The zero-order valence-corrected chi connectivity index (χ0v) is 18.2. The first kappa shape index (κ1) is 21.0. The van der Waals surface area contributed by atoms with Gasteiger partial charge >= 0.3 is 0 Å². The Labute approximate surface area is 181 Å². The van der Waals surface area contributed by atoms with Gasteiger partial charge < -0.3 is 15.0 Å². The van der Waals surface area contributed by atoms with Crippen molar-refractivity contribution < 1.29 is 14.3 Å². The fourth-order valence-electron chi connectivity index (χ4n) is 4.14. The van der Waals surface area contributed by atoms with Crippen molar-refractivity contribution >= 4 is 23.2 Å². The van der Waals surface area contributed by atoms with E-state index < -0.39 is 0 Å². The summed E-state index contributed by atoms with van der Waals surface area (Å²) in [7, 11) is 0. The third kappa shape index (κ3) is 5.09. The number of nitrogens with zero attached hydrogens (tertiary/aromatic N) is 2. The Kier molecular flexibility index (Phi) is 6.82. The Morgan fingerprint density at radius 1 is 1.23 bits per heavy atom. The van der Waals surface area contributed by atoms with Gasteiger partial charge in [0, 0.05) is 44.0 Å². The molecule has 1 N–H and O–H groups in total. The largest absolute Gasteiger partial charge is 0.379 e. The van der Waals surface area contributed by atoms with Crippen LogP contribution >= 0.6 is 11.3 Å². The highest BCUT2D eigenvalue weighted by Crippen LogP contribution is 2.26. The van der Waals surface area contributed by atoms with Crippen LogP contribution in [0, 0.1) is 12.8 Å². The molecule has 1 aromatic carbocycles. The van der Waals surface area contributed by atoms with Crippen LogP contribution in [0.2, 0.25) is 0 Å². The Balaban J connectivity index is 1.33. The van der Waals surface area contributed by atoms with E-state index in [1.54, 1.807) is 16.2 Å². The summed E-state index contributed by atoms with van der Waals surface area (Å²) in [6, 6.07) is 12.5. The summed E-state index contributed by atoms with van der Waals surface area (Å²) in [5, 5.41) is 5.20. The molecule has 2 aromatic rings. The summed E-state index contributed by atoms with van der Waals surface area (Å²) in [6.45, 7) is 6.83. The Bertz CT molecular complexity index is 847. The van der Waals surface area contributed by atoms with Gasteiger partial charge in [0.1, 0.15) is 0 Å². The molecule has 2 saturated heterocycles. The molecule has 7 heteroatoms. The summed E-state index contributed by atoms with van der Waals surface area (Å²) < 4.78 is 5.48. The molecule has 0 spiro atoms. The molecule has 2 unspecified atom stereocenters. The molecule has 30 heavy (non-hydrogen) atoms. The Morgan fingerprint density at radius 2 is 2.00 bits per heavy atom. The second-order valence-corrected chi connectivity index (χ2v) is 9.06. The Hall–Kier alpha value is -2.22. The molecule has 0 radical (unpaired) electrons. The zero-order chi connectivity index (χ0) is 20.9. The van der Waals surface area contributed by atoms with E-state index >= 15 is 0 Å². The fraction of sp³-hybridized carbons (Fsp3) is 0.478. The molecule has 0 saturated carbocycles. The van der Waals surface area contributed by atoms with Crippen molar-refractivity contribution in [1.29, 1.82) is 0 Å². The molecule has 2 aliphatic heterocycles. The summed E-state index contributed by atoms with van der Waals surface area (Å²) in [5.41, 5.74) is 2.30. The molecular weight excluding hydrogens is 398 g/mol. The molecule has 6 nitrogen and oxygen atoms in total. The van der Waals surface area contributed by atoms with Crippen LogP contribution in [0.25, 0.3) is 0 Å². The van der Waals surface area contributed by atoms with Gasteiger partial charge in [-0.05, 0) is 23.9 Å². The lowest BCUT2D eigenvalue weighted by molar-refractivity contribution is -0.129. The van der Waals surface area contributed by atoms with Crippen molar-refractivity contribution in [3.05, 3.63) is 57.8 Å². The second-order valence-electron chi connectivity index (χ2n) is 8.09. The monoisotopic (exact) mass is 427 g/mol. The van der Waals surface area contributed by atoms with Gasteiger partial charge in [0.15, 0.2) is 0 Å². The number of rotatable bonds is 7. The van der Waals surface area contributed by atoms with Gasteiger partial charge in [-0.1, -0.05) is 35.9 Å². The molecule has 0 aliphatic carbocycles. The lowest BCUT2D eigenvalue weighted by Crippen LogP contribution is -2.44. The highest BCUT2D eigenvalue weighted by molar-refractivity contribution is 7.10. The third-order valence-electron chi connectivity index (χ3n) is 5.91. The summed E-state index contributed by atoms with van der Waals surface area (Å²) in [6.07, 6.45) is 0.291. The van der Waals surface area contributed by atoms with Crippen LogP contribution in [-0.4, -0.2) is 61.0 Å². The number of hydrogen-bond donors (Lipinski definition) is 1. The van der Waals surface area contributed by atoms with Crippen molar-refractivity contribution in [2.24, 2.45) is 5.92 Å². The van der Waals surface area contributed by atoms with Gasteiger partial charge in [-0.3, -0.25) is 14.5 Å². The number of hydrogen-bond acceptors (Lipinski definition) is 5. The van der Waals surface area contributed by atoms with Gasteiger partial charge in [0.2, 0.25) is 11.8 Å². The lowest BCUT2D eigenvalue weighted by Gasteiger charge is -2.34. The first-order valence-corrected chi connectivity index (χ1v) is 11.4. The first-order chi connectivity index (χ1) is 14.6. The van der Waals surface area contributed by atoms with Gasteiger partial charge in [-0.15, -0.1) is 11.3 Å². The second kappa shape index (κ2) is 9.73. The molecule has 2 atom stereocenters. The smallest absolute Gasteiger partial charge is 0.225 e. The first-order valence-electron chi connectivity index (χ1n) is 10.6. The standard InChI is InChI=1S/C23H29N3O3S/c1-17-4-6-18(7-5-17)15-26-16-19(13-22(26)27)23(28)24-14-20(21-3-2-12-30-21)25-8-10-29-11-9-25/h2-7,12,19-20H,8-11,13-16H2,1H3,(H,24,28). The highest BCUT2D eigenvalue weighted by Gasteiger charge is 2.35. The predicted molar refractivity (Wildman–Crippen MR) is 117 cm³/mol. The minimum absolute atomic E-state index is 0.0235. The van der Waals surface area contributed by atoms with Gasteiger partial charge in [0.25, 0.3) is 0 Å². The van der Waals surface area contributed by atoms with Crippen LogP contribution in [0.3, 0.4) is 0 Å². The number of aryl methyl sites for hydroxylation is 1. The van der Waals surface area contributed by atoms with Crippen LogP contribution in [0.15, 0.2) is 41.8 Å². The molecule has 2 fully saturated rings. The lowest BCUT2D eigenvalue weighted by atomic mass is 10.1. The topological polar surface area (TPSA) is 61.9 Å². The predicted octanol–water partition coefficient (Wildman–Crippen LogP) is 2.59. The van der Waals surface area contributed by atoms with E-state index in [1.165, 1.54) is 10.4 Å². The normalized spacial score (nSPS) is 21.0. The van der Waals surface area contributed by atoms with Crippen molar-refractivity contribution in [2.75, 3.05) is 39.4 Å². The minimum Gasteiger partial charge on any atom is -0.379 e. The number of carbonyl (C=O) groups excluding carboxylic acids is 2. The number of thiophene rings is 1. The number of carbonyl (C=O) groups is 2. The van der Waals surface area contributed by atoms with Crippen molar-refractivity contribution in [2.45, 2.75) is 25.9 Å². The maximum Gasteiger partial charge on any atom is 0.225 e. The minimum atomic E-state index is -0.281. The maximum atomic E-state index is 12.9. The van der Waals surface area contributed by atoms with E-state index in [0.717, 1.165) is 31.9 Å². The summed E-state index contributed by atoms with van der Waals surface area (Å²) in [5.74, 6) is -0.250. The van der Waals surface area contributed by atoms with E-state index in [2.05, 4.69) is 33.8 Å². The third-order valence-corrected chi connectivity index (χ3v) is 6.88. The number of nitrogens with one attached hydrogen (secondary N) is 1. The van der Waals surface area contributed by atoms with Gasteiger partial charge in [-0.2, -0.15) is 0 Å². The van der Waals surface area contributed by atoms with E-state index in [9.17, 15) is 9.59 Å². The molecular formula is C23H29N3O3S. The van der Waals surface area contributed by atoms with Crippen LogP contribution < -0.4 is 5.32 Å². The molecule has 160 valence electrons. The maximum absolute atomic E-state index is 12.9. The van der Waals surface area contributed by atoms with Crippen LogP contribution in [0.5, 0.6) is 0 Å². The summed E-state index contributed by atoms with van der Waals surface area (Å²) in [4.78, 5) is 30.7. The van der Waals surface area contributed by atoms with Gasteiger partial charge in [-0.25, -0.2) is 0 Å². The fourth-order valence-corrected chi connectivity index (χ4v) is 5.00. The van der Waals surface area contributed by atoms with Crippen LogP contribution in [0.4, 0.5) is 0 Å². The average molecular weight is 428 g/mol. The molecule has 4 rings (SSSR count). The summed E-state index contributed by atoms with van der Waals surface area (Å²) >= 11 is 1.72. The van der Waals surface area contributed by atoms with Crippen LogP contribution in [-0.2, 0) is 20.9 Å². The number of ether oxygens (including phenoxy) is 1. The van der Waals surface area contributed by atoms with Crippen molar-refractivity contribution in [3.63, 3.8) is 0 Å². The number of benzene rings is 1. The average Bonchev–Trinajstić information content (AvgIpc) is 3.41. The highest BCUT2D eigenvalue weighted by atomic mass is 32.1. The number of likely N-dealkylation sites (tertiary alicyclic amines) is 1. The molecule has 3 heterocycles. The molecule has 1 aromatic heterocycles. The number of amides is 2. The van der Waals surface area contributed by atoms with E-state index in [4.69, 9.17) is 4.74 Å². The van der Waals surface area contributed by atoms with Crippen molar-refractivity contribution in [1.82, 2.24) is 15.1 Å². The molecule has 2 amide bonds. The van der Waals surface area contributed by atoms with E-state index in [0.29, 0.717) is 26.1 Å². The Morgan fingerprint density at radius 3 is 2.70 bits per heavy atom. The van der Waals surface area contributed by atoms with E-state index in [1.807, 2.05) is 25.1 Å². The molecule has 2 aliphatic rings.